The highest BCUT2D eigenvalue weighted by molar-refractivity contribution is 9.09. The molecule has 0 aromatic rings. The molecule has 0 radical (unpaired) electrons. The average molecular weight is 495 g/mol. The molecule has 0 saturated heterocycles. The van der Waals surface area contributed by atoms with E-state index in [2.05, 4.69) is 15.9 Å². The molecule has 0 rings (SSSR count). The van der Waals surface area contributed by atoms with Gasteiger partial charge < -0.3 is 0 Å². The van der Waals surface area contributed by atoms with Gasteiger partial charge in [-0.15, -0.1) is 33.2 Å². The van der Waals surface area contributed by atoms with Crippen LogP contribution in [0.15, 0.2) is 0 Å². The normalized spacial score (nSPS) is 12.0. The minimum Gasteiger partial charge on any atom is -0.126 e. The summed E-state index contributed by atoms with van der Waals surface area (Å²) in [6.45, 7) is 0. The molecule has 0 aliphatic rings. The van der Waals surface area contributed by atoms with Crippen molar-refractivity contribution in [1.82, 2.24) is 0 Å². The lowest BCUT2D eigenvalue weighted by molar-refractivity contribution is 0.527. The van der Waals surface area contributed by atoms with Gasteiger partial charge in [-0.25, -0.2) is 0 Å². The van der Waals surface area contributed by atoms with Crippen LogP contribution in [0.1, 0.15) is 116 Å². The van der Waals surface area contributed by atoms with Crippen molar-refractivity contribution in [2.45, 2.75) is 122 Å². The second kappa shape index (κ2) is 20.3. The summed E-state index contributed by atoms with van der Waals surface area (Å²) < 4.78 is 0. The molecule has 0 amide bonds. The maximum Gasteiger partial charge on any atom is 0.341 e. The van der Waals surface area contributed by atoms with Crippen LogP contribution in [0.5, 0.6) is 0 Å². The Morgan fingerprint density at radius 1 is 0.400 bits per heavy atom. The monoisotopic (exact) mass is 492 g/mol. The molecule has 0 fully saturated rings. The maximum atomic E-state index is 5.88. The zero-order valence-corrected chi connectivity index (χ0v) is 21.0. The van der Waals surface area contributed by atoms with Gasteiger partial charge in [0.1, 0.15) is 0 Å². The van der Waals surface area contributed by atoms with E-state index in [-0.39, 0.29) is 0 Å². The number of hydrogen-bond donors (Lipinski definition) is 0. The summed E-state index contributed by atoms with van der Waals surface area (Å²) in [5.74, 6) is 0. The number of hydrogen-bond acceptors (Lipinski definition) is 0. The minimum atomic E-state index is -2.35. The Morgan fingerprint density at radius 2 is 0.640 bits per heavy atom. The van der Waals surface area contributed by atoms with Gasteiger partial charge >= 0.3 is 6.00 Å². The zero-order chi connectivity index (χ0) is 18.6. The van der Waals surface area contributed by atoms with Gasteiger partial charge in [0.05, 0.1) is 0 Å². The zero-order valence-electron chi connectivity index (χ0n) is 16.2. The van der Waals surface area contributed by atoms with E-state index in [4.69, 9.17) is 33.2 Å². The fourth-order valence-corrected chi connectivity index (χ4v) is 5.50. The van der Waals surface area contributed by atoms with Gasteiger partial charge in [-0.1, -0.05) is 125 Å². The molecule has 0 aromatic heterocycles. The first kappa shape index (κ1) is 26.6. The van der Waals surface area contributed by atoms with Gasteiger partial charge in [-0.05, 0) is 12.5 Å². The first-order valence-electron chi connectivity index (χ1n) is 10.7. The molecule has 0 aliphatic carbocycles. The third kappa shape index (κ3) is 25.6. The van der Waals surface area contributed by atoms with Gasteiger partial charge in [0.2, 0.25) is 0 Å². The lowest BCUT2D eigenvalue weighted by Crippen LogP contribution is -2.07. The summed E-state index contributed by atoms with van der Waals surface area (Å²) in [5.41, 5.74) is 0. The van der Waals surface area contributed by atoms with E-state index in [0.717, 1.165) is 12.5 Å². The quantitative estimate of drug-likeness (QED) is 0.0683. The summed E-state index contributed by atoms with van der Waals surface area (Å²) in [6, 6.07) is -1.53. The molecule has 0 bridgehead atoms. The molecule has 152 valence electrons. The van der Waals surface area contributed by atoms with Crippen LogP contribution in [0, 0.1) is 0 Å². The van der Waals surface area contributed by atoms with E-state index >= 15 is 0 Å². The van der Waals surface area contributed by atoms with Crippen LogP contribution >= 0.6 is 49.2 Å². The number of halogens is 4. The SMILES string of the molecule is Cl[Si](Cl)(Cl)CCCCCCCCCCCCCCCCCCCCBr. The lowest BCUT2D eigenvalue weighted by atomic mass is 10.0. The Balaban J connectivity index is 3.01. The van der Waals surface area contributed by atoms with Crippen LogP contribution in [-0.4, -0.2) is 11.3 Å². The Kier molecular flexibility index (Phi) is 21.6. The van der Waals surface area contributed by atoms with E-state index < -0.39 is 6.00 Å². The molecular formula is C20H40BrCl3Si. The van der Waals surface area contributed by atoms with E-state index in [1.165, 1.54) is 114 Å². The predicted octanol–water partition coefficient (Wildman–Crippen LogP) is 10.1. The van der Waals surface area contributed by atoms with Crippen molar-refractivity contribution in [1.29, 1.82) is 0 Å². The molecule has 0 unspecified atom stereocenters. The van der Waals surface area contributed by atoms with Crippen molar-refractivity contribution in [2.75, 3.05) is 5.33 Å². The highest BCUT2D eigenvalue weighted by Crippen LogP contribution is 2.27. The highest BCUT2D eigenvalue weighted by atomic mass is 79.9. The Bertz CT molecular complexity index is 260. The van der Waals surface area contributed by atoms with E-state index in [1.54, 1.807) is 0 Å². The Hall–Kier alpha value is 1.57. The van der Waals surface area contributed by atoms with Gasteiger partial charge in [0.25, 0.3) is 0 Å². The molecule has 0 aromatic carbocycles. The van der Waals surface area contributed by atoms with Crippen LogP contribution in [-0.2, 0) is 0 Å². The fourth-order valence-electron chi connectivity index (χ4n) is 3.25. The molecule has 0 aliphatic heterocycles. The number of unbranched alkanes of at least 4 members (excludes halogenated alkanes) is 17. The van der Waals surface area contributed by atoms with E-state index in [1.807, 2.05) is 0 Å². The summed E-state index contributed by atoms with van der Waals surface area (Å²) in [4.78, 5) is 0. The van der Waals surface area contributed by atoms with Crippen molar-refractivity contribution in [3.8, 4) is 0 Å². The van der Waals surface area contributed by atoms with Crippen molar-refractivity contribution in [2.24, 2.45) is 0 Å². The van der Waals surface area contributed by atoms with Gasteiger partial charge in [-0.3, -0.25) is 0 Å². The third-order valence-corrected chi connectivity index (χ3v) is 8.03. The van der Waals surface area contributed by atoms with Crippen molar-refractivity contribution >= 4 is 55.2 Å². The van der Waals surface area contributed by atoms with Crippen LogP contribution in [0.25, 0.3) is 0 Å². The Morgan fingerprint density at radius 3 is 0.880 bits per heavy atom. The van der Waals surface area contributed by atoms with Gasteiger partial charge in [-0.2, -0.15) is 0 Å². The largest absolute Gasteiger partial charge is 0.341 e. The van der Waals surface area contributed by atoms with E-state index in [0.29, 0.717) is 0 Å². The Labute approximate surface area is 181 Å². The van der Waals surface area contributed by atoms with Crippen molar-refractivity contribution in [3.63, 3.8) is 0 Å². The lowest BCUT2D eigenvalue weighted by Gasteiger charge is -2.07. The first-order chi connectivity index (χ1) is 12.1. The smallest absolute Gasteiger partial charge is 0.126 e. The second-order valence-electron chi connectivity index (χ2n) is 7.42. The molecular weight excluding hydrogens is 455 g/mol. The maximum absolute atomic E-state index is 5.88. The van der Waals surface area contributed by atoms with Gasteiger partial charge in [0.15, 0.2) is 0 Å². The van der Waals surface area contributed by atoms with Crippen LogP contribution < -0.4 is 0 Å². The number of rotatable bonds is 20. The van der Waals surface area contributed by atoms with Crippen molar-refractivity contribution in [3.05, 3.63) is 0 Å². The summed E-state index contributed by atoms with van der Waals surface area (Å²) in [7, 11) is 0. The molecule has 0 heterocycles. The van der Waals surface area contributed by atoms with Crippen LogP contribution in [0.3, 0.4) is 0 Å². The molecule has 5 heteroatoms. The second-order valence-corrected chi connectivity index (χ2v) is 17.5. The molecule has 0 nitrogen and oxygen atoms in total. The summed E-state index contributed by atoms with van der Waals surface area (Å²) in [6.07, 6.45) is 25.0. The summed E-state index contributed by atoms with van der Waals surface area (Å²) in [5, 5.41) is 1.17. The molecule has 25 heavy (non-hydrogen) atoms. The standard InChI is InChI=1S/C20H40BrCl3Si/c21-19-17-15-13-11-9-7-5-3-1-2-4-6-8-10-12-14-16-18-20-25(22,23)24/h1-20H2. The molecule has 0 saturated carbocycles. The number of alkyl halides is 1. The molecule has 0 spiro atoms. The molecule has 0 N–H and O–H groups in total. The predicted molar refractivity (Wildman–Crippen MR) is 125 cm³/mol. The summed E-state index contributed by atoms with van der Waals surface area (Å²) >= 11 is 21.1. The first-order valence-corrected chi connectivity index (χ1v) is 17.1. The molecule has 0 atom stereocenters. The minimum absolute atomic E-state index is 0.828. The third-order valence-electron chi connectivity index (χ3n) is 4.84. The average Bonchev–Trinajstić information content (AvgIpc) is 2.56. The van der Waals surface area contributed by atoms with Crippen LogP contribution in [0.4, 0.5) is 0 Å². The highest BCUT2D eigenvalue weighted by Gasteiger charge is 2.23. The van der Waals surface area contributed by atoms with E-state index in [9.17, 15) is 0 Å². The van der Waals surface area contributed by atoms with Crippen molar-refractivity contribution < 1.29 is 0 Å². The van der Waals surface area contributed by atoms with Crippen LogP contribution in [0.2, 0.25) is 6.04 Å². The fraction of sp³-hybridized carbons (Fsp3) is 1.00. The topological polar surface area (TPSA) is 0 Å². The van der Waals surface area contributed by atoms with Gasteiger partial charge in [0, 0.05) is 5.33 Å².